The van der Waals surface area contributed by atoms with Crippen molar-refractivity contribution in [2.45, 2.75) is 25.8 Å². The maximum atomic E-state index is 9.00. The van der Waals surface area contributed by atoms with Crippen molar-refractivity contribution < 1.29 is 0 Å². The molecule has 1 aliphatic heterocycles. The number of benzene rings is 3. The van der Waals surface area contributed by atoms with E-state index in [0.29, 0.717) is 11.4 Å². The molecule has 1 aromatic heterocycles. The van der Waals surface area contributed by atoms with E-state index in [2.05, 4.69) is 70.6 Å². The van der Waals surface area contributed by atoms with Crippen molar-refractivity contribution in [1.29, 1.82) is 5.26 Å². The van der Waals surface area contributed by atoms with E-state index in [1.54, 1.807) is 0 Å². The van der Waals surface area contributed by atoms with E-state index < -0.39 is 0 Å². The summed E-state index contributed by atoms with van der Waals surface area (Å²) in [5, 5.41) is 10.8. The summed E-state index contributed by atoms with van der Waals surface area (Å²) in [6.07, 6.45) is 6.57. The highest BCUT2D eigenvalue weighted by molar-refractivity contribution is 6.31. The summed E-state index contributed by atoms with van der Waals surface area (Å²) < 4.78 is 0. The summed E-state index contributed by atoms with van der Waals surface area (Å²) in [6.45, 7) is 1.91. The number of nitrogens with zero attached hydrogens (tertiary/aromatic N) is 3. The van der Waals surface area contributed by atoms with Crippen LogP contribution in [0.3, 0.4) is 0 Å². The number of aromatic nitrogens is 1. The Morgan fingerprint density at radius 1 is 1.00 bits per heavy atom. The molecular formula is C29H24ClN3. The van der Waals surface area contributed by atoms with Crippen LogP contribution in [0.4, 0.5) is 5.69 Å². The Bertz CT molecular complexity index is 1370. The minimum atomic E-state index is 0.560. The minimum Gasteiger partial charge on any atom is -0.366 e. The van der Waals surface area contributed by atoms with E-state index in [1.807, 2.05) is 30.3 Å². The Kier molecular flexibility index (Phi) is 6.11. The highest BCUT2D eigenvalue weighted by atomic mass is 35.5. The first-order chi connectivity index (χ1) is 16.2. The van der Waals surface area contributed by atoms with E-state index in [4.69, 9.17) is 16.9 Å². The lowest BCUT2D eigenvalue weighted by Gasteiger charge is -2.22. The third-order valence-electron chi connectivity index (χ3n) is 6.15. The number of anilines is 1. The monoisotopic (exact) mass is 449 g/mol. The fraction of sp³-hybridized carbons (Fsp3) is 0.172. The van der Waals surface area contributed by atoms with Gasteiger partial charge in [0.15, 0.2) is 0 Å². The number of hydrogen-bond acceptors (Lipinski definition) is 3. The molecule has 0 saturated carbocycles. The zero-order valence-electron chi connectivity index (χ0n) is 18.3. The Labute approximate surface area is 199 Å². The molecule has 0 saturated heterocycles. The molecular weight excluding hydrogens is 426 g/mol. The van der Waals surface area contributed by atoms with Gasteiger partial charge in [-0.2, -0.15) is 5.26 Å². The van der Waals surface area contributed by atoms with Gasteiger partial charge in [0.1, 0.15) is 0 Å². The average molecular weight is 450 g/mol. The standard InChI is InChI=1S/C29H24ClN3/c30-26-13-11-23-12-15-27(32-28(23)19-26)14-10-21-6-8-22(9-7-21)20-33-18-16-25-4-1-3-24(29(25)33)5-2-17-31/h1,3-4,6-15,19H,2,5,16,18,20H2. The number of nitriles is 1. The maximum Gasteiger partial charge on any atom is 0.0724 e. The van der Waals surface area contributed by atoms with Crippen molar-refractivity contribution in [1.82, 2.24) is 4.98 Å². The molecule has 33 heavy (non-hydrogen) atoms. The van der Waals surface area contributed by atoms with E-state index >= 15 is 0 Å². The van der Waals surface area contributed by atoms with Crippen LogP contribution in [0.15, 0.2) is 72.8 Å². The Morgan fingerprint density at radius 3 is 2.70 bits per heavy atom. The molecule has 0 unspecified atom stereocenters. The fourth-order valence-corrected chi connectivity index (χ4v) is 4.67. The highest BCUT2D eigenvalue weighted by Crippen LogP contribution is 2.33. The molecule has 0 aliphatic carbocycles. The van der Waals surface area contributed by atoms with Crippen molar-refractivity contribution in [2.24, 2.45) is 0 Å². The number of aryl methyl sites for hydroxylation is 1. The third-order valence-corrected chi connectivity index (χ3v) is 6.39. The van der Waals surface area contributed by atoms with Crippen LogP contribution in [0, 0.1) is 11.3 Å². The van der Waals surface area contributed by atoms with Gasteiger partial charge in [-0.1, -0.05) is 72.3 Å². The summed E-state index contributed by atoms with van der Waals surface area (Å²) in [7, 11) is 0. The third kappa shape index (κ3) is 4.77. The van der Waals surface area contributed by atoms with Gasteiger partial charge in [-0.25, -0.2) is 4.98 Å². The molecule has 3 aromatic carbocycles. The summed E-state index contributed by atoms with van der Waals surface area (Å²) in [4.78, 5) is 7.15. The summed E-state index contributed by atoms with van der Waals surface area (Å²) in [5.74, 6) is 0. The second-order valence-electron chi connectivity index (χ2n) is 8.40. The number of halogens is 1. The van der Waals surface area contributed by atoms with E-state index in [0.717, 1.165) is 48.1 Å². The molecule has 0 bridgehead atoms. The topological polar surface area (TPSA) is 39.9 Å². The number of pyridine rings is 1. The average Bonchev–Trinajstić information content (AvgIpc) is 3.25. The van der Waals surface area contributed by atoms with Crippen molar-refractivity contribution in [3.05, 3.63) is 106 Å². The molecule has 0 spiro atoms. The van der Waals surface area contributed by atoms with Crippen LogP contribution in [-0.2, 0) is 19.4 Å². The Hall–Kier alpha value is -3.61. The van der Waals surface area contributed by atoms with Gasteiger partial charge in [-0.3, -0.25) is 0 Å². The van der Waals surface area contributed by atoms with Crippen molar-refractivity contribution in [2.75, 3.05) is 11.4 Å². The van der Waals surface area contributed by atoms with E-state index in [1.165, 1.54) is 22.4 Å². The predicted molar refractivity (Wildman–Crippen MR) is 137 cm³/mol. The van der Waals surface area contributed by atoms with Gasteiger partial charge < -0.3 is 4.90 Å². The molecule has 0 radical (unpaired) electrons. The van der Waals surface area contributed by atoms with Crippen LogP contribution in [0.5, 0.6) is 0 Å². The van der Waals surface area contributed by atoms with Crippen LogP contribution in [0.1, 0.15) is 34.4 Å². The number of rotatable bonds is 6. The van der Waals surface area contributed by atoms with Gasteiger partial charge in [0.25, 0.3) is 0 Å². The molecule has 1 aliphatic rings. The van der Waals surface area contributed by atoms with Gasteiger partial charge in [0.05, 0.1) is 17.3 Å². The lowest BCUT2D eigenvalue weighted by atomic mass is 10.0. The fourth-order valence-electron chi connectivity index (χ4n) is 4.51. The number of hydrogen-bond donors (Lipinski definition) is 0. The van der Waals surface area contributed by atoms with Gasteiger partial charge >= 0.3 is 0 Å². The van der Waals surface area contributed by atoms with Gasteiger partial charge in [0.2, 0.25) is 0 Å². The molecule has 5 rings (SSSR count). The Balaban J connectivity index is 1.29. The van der Waals surface area contributed by atoms with Crippen LogP contribution >= 0.6 is 11.6 Å². The molecule has 0 amide bonds. The van der Waals surface area contributed by atoms with Crippen LogP contribution in [0.2, 0.25) is 5.02 Å². The van der Waals surface area contributed by atoms with Crippen molar-refractivity contribution in [3.63, 3.8) is 0 Å². The van der Waals surface area contributed by atoms with Crippen molar-refractivity contribution >= 4 is 40.3 Å². The van der Waals surface area contributed by atoms with Gasteiger partial charge in [-0.05, 0) is 59.4 Å². The first-order valence-electron chi connectivity index (χ1n) is 11.3. The van der Waals surface area contributed by atoms with Crippen molar-refractivity contribution in [3.8, 4) is 6.07 Å². The molecule has 0 fully saturated rings. The second kappa shape index (κ2) is 9.48. The largest absolute Gasteiger partial charge is 0.366 e. The SMILES string of the molecule is N#CCCc1cccc2c1N(Cc1ccc(C=Cc3ccc4ccc(Cl)cc4n3)cc1)CC2. The highest BCUT2D eigenvalue weighted by Gasteiger charge is 2.21. The van der Waals surface area contributed by atoms with Gasteiger partial charge in [0, 0.05) is 35.6 Å². The molecule has 162 valence electrons. The molecule has 0 N–H and O–H groups in total. The molecule has 3 nitrogen and oxygen atoms in total. The zero-order valence-corrected chi connectivity index (χ0v) is 19.1. The van der Waals surface area contributed by atoms with Crippen LogP contribution < -0.4 is 4.90 Å². The van der Waals surface area contributed by atoms with Gasteiger partial charge in [-0.15, -0.1) is 0 Å². The number of para-hydroxylation sites is 1. The normalized spacial score (nSPS) is 12.9. The molecule has 0 atom stereocenters. The summed E-state index contributed by atoms with van der Waals surface area (Å²) in [5.41, 5.74) is 8.26. The van der Waals surface area contributed by atoms with E-state index in [9.17, 15) is 0 Å². The Morgan fingerprint density at radius 2 is 1.85 bits per heavy atom. The first-order valence-corrected chi connectivity index (χ1v) is 11.6. The van der Waals surface area contributed by atoms with Crippen LogP contribution in [-0.4, -0.2) is 11.5 Å². The van der Waals surface area contributed by atoms with E-state index in [-0.39, 0.29) is 0 Å². The second-order valence-corrected chi connectivity index (χ2v) is 8.84. The smallest absolute Gasteiger partial charge is 0.0724 e. The lowest BCUT2D eigenvalue weighted by molar-refractivity contribution is 0.829. The first kappa shape index (κ1) is 21.2. The maximum absolute atomic E-state index is 9.00. The zero-order chi connectivity index (χ0) is 22.6. The minimum absolute atomic E-state index is 0.560. The quantitative estimate of drug-likeness (QED) is 0.316. The predicted octanol–water partition coefficient (Wildman–Crippen LogP) is 7.08. The molecule has 4 heteroatoms. The summed E-state index contributed by atoms with van der Waals surface area (Å²) in [6, 6.07) is 27.3. The lowest BCUT2D eigenvalue weighted by Crippen LogP contribution is -2.20. The summed E-state index contributed by atoms with van der Waals surface area (Å²) >= 11 is 6.10. The number of fused-ring (bicyclic) bond motifs is 2. The molecule has 2 heterocycles. The molecule has 4 aromatic rings. The van der Waals surface area contributed by atoms with Crippen LogP contribution in [0.25, 0.3) is 23.1 Å².